The molecule has 23 heavy (non-hydrogen) atoms. The second-order valence-corrected chi connectivity index (χ2v) is 4.69. The minimum Gasteiger partial charge on any atom is -0.267 e. The van der Waals surface area contributed by atoms with Crippen molar-refractivity contribution in [3.63, 3.8) is 0 Å². The lowest BCUT2D eigenvalue weighted by Crippen LogP contribution is -2.41. The Labute approximate surface area is 133 Å². The molecule has 1 aromatic carbocycles. The summed E-state index contributed by atoms with van der Waals surface area (Å²) in [5.41, 5.74) is 2.86. The van der Waals surface area contributed by atoms with Crippen molar-refractivity contribution in [1.82, 2.24) is 15.8 Å². The van der Waals surface area contributed by atoms with Crippen LogP contribution in [0.15, 0.2) is 42.6 Å². The number of rotatable bonds is 2. The lowest BCUT2D eigenvalue weighted by Gasteiger charge is -2.10. The van der Waals surface area contributed by atoms with E-state index in [1.165, 1.54) is 24.4 Å². The molecular weight excluding hydrogens is 335 g/mol. The summed E-state index contributed by atoms with van der Waals surface area (Å²) < 4.78 is 37.8. The Bertz CT molecular complexity index is 750. The number of alkyl halides is 3. The Morgan fingerprint density at radius 1 is 1.04 bits per heavy atom. The van der Waals surface area contributed by atoms with Crippen molar-refractivity contribution in [3.05, 3.63) is 64.4 Å². The summed E-state index contributed by atoms with van der Waals surface area (Å²) in [6.45, 7) is 0. The van der Waals surface area contributed by atoms with Crippen molar-refractivity contribution in [2.45, 2.75) is 6.18 Å². The largest absolute Gasteiger partial charge is 0.416 e. The summed E-state index contributed by atoms with van der Waals surface area (Å²) in [5.74, 6) is -1.65. The topological polar surface area (TPSA) is 71.1 Å². The zero-order valence-corrected chi connectivity index (χ0v) is 12.1. The van der Waals surface area contributed by atoms with Crippen LogP contribution in [0.25, 0.3) is 0 Å². The minimum absolute atomic E-state index is 0.0125. The first kappa shape index (κ1) is 16.8. The van der Waals surface area contributed by atoms with Crippen LogP contribution >= 0.6 is 11.6 Å². The SMILES string of the molecule is O=C(NNC(=O)c1cccnc1Cl)c1cccc(C(F)(F)F)c1. The maximum Gasteiger partial charge on any atom is 0.416 e. The van der Waals surface area contributed by atoms with E-state index >= 15 is 0 Å². The first-order valence-corrected chi connectivity index (χ1v) is 6.55. The van der Waals surface area contributed by atoms with Crippen molar-refractivity contribution in [2.75, 3.05) is 0 Å². The molecule has 5 nitrogen and oxygen atoms in total. The molecule has 0 radical (unpaired) electrons. The summed E-state index contributed by atoms with van der Waals surface area (Å²) >= 11 is 5.71. The van der Waals surface area contributed by atoms with Gasteiger partial charge in [-0.25, -0.2) is 4.98 Å². The Morgan fingerprint density at radius 2 is 1.74 bits per heavy atom. The van der Waals surface area contributed by atoms with Gasteiger partial charge in [0.25, 0.3) is 11.8 Å². The molecule has 2 amide bonds. The summed E-state index contributed by atoms with van der Waals surface area (Å²) in [6, 6.07) is 6.64. The number of halogens is 4. The average Bonchev–Trinajstić information content (AvgIpc) is 2.52. The first-order valence-electron chi connectivity index (χ1n) is 6.17. The lowest BCUT2D eigenvalue weighted by atomic mass is 10.1. The highest BCUT2D eigenvalue weighted by Crippen LogP contribution is 2.29. The second-order valence-electron chi connectivity index (χ2n) is 4.33. The molecule has 0 aliphatic rings. The fourth-order valence-corrected chi connectivity index (χ4v) is 1.85. The minimum atomic E-state index is -4.57. The van der Waals surface area contributed by atoms with Crippen LogP contribution in [0.4, 0.5) is 13.2 Å². The molecule has 1 heterocycles. The highest BCUT2D eigenvalue weighted by Gasteiger charge is 2.30. The van der Waals surface area contributed by atoms with Crippen LogP contribution in [-0.2, 0) is 6.18 Å². The zero-order valence-electron chi connectivity index (χ0n) is 11.3. The monoisotopic (exact) mass is 343 g/mol. The number of benzene rings is 1. The molecule has 0 bridgehead atoms. The van der Waals surface area contributed by atoms with Crippen molar-refractivity contribution >= 4 is 23.4 Å². The van der Waals surface area contributed by atoms with Crippen molar-refractivity contribution in [3.8, 4) is 0 Å². The van der Waals surface area contributed by atoms with Gasteiger partial charge in [0.05, 0.1) is 11.1 Å². The molecule has 2 N–H and O–H groups in total. The average molecular weight is 344 g/mol. The number of pyridine rings is 1. The summed E-state index contributed by atoms with van der Waals surface area (Å²) in [5, 5.41) is -0.0710. The smallest absolute Gasteiger partial charge is 0.267 e. The quantitative estimate of drug-likeness (QED) is 0.650. The van der Waals surface area contributed by atoms with E-state index in [1.54, 1.807) is 0 Å². The van der Waals surface area contributed by atoms with Gasteiger partial charge in [-0.2, -0.15) is 13.2 Å². The number of hydrogen-bond acceptors (Lipinski definition) is 3. The molecule has 2 aromatic rings. The van der Waals surface area contributed by atoms with Gasteiger partial charge in [-0.05, 0) is 30.3 Å². The van der Waals surface area contributed by atoms with Gasteiger partial charge < -0.3 is 0 Å². The molecule has 0 aliphatic heterocycles. The van der Waals surface area contributed by atoms with E-state index in [2.05, 4.69) is 10.4 Å². The number of aromatic nitrogens is 1. The van der Waals surface area contributed by atoms with E-state index < -0.39 is 23.6 Å². The molecule has 0 unspecified atom stereocenters. The van der Waals surface area contributed by atoms with Gasteiger partial charge in [0.1, 0.15) is 5.15 Å². The number of carbonyl (C=O) groups is 2. The summed E-state index contributed by atoms with van der Waals surface area (Å²) in [7, 11) is 0. The van der Waals surface area contributed by atoms with Gasteiger partial charge in [-0.3, -0.25) is 20.4 Å². The molecule has 0 saturated heterocycles. The zero-order chi connectivity index (χ0) is 17.0. The van der Waals surface area contributed by atoms with E-state index in [9.17, 15) is 22.8 Å². The molecule has 9 heteroatoms. The number of hydrazine groups is 1. The molecule has 0 saturated carbocycles. The Hall–Kier alpha value is -2.61. The number of hydrogen-bond donors (Lipinski definition) is 2. The van der Waals surface area contributed by atoms with Crippen molar-refractivity contribution in [2.24, 2.45) is 0 Å². The fraction of sp³-hybridized carbons (Fsp3) is 0.0714. The number of nitrogens with zero attached hydrogens (tertiary/aromatic N) is 1. The van der Waals surface area contributed by atoms with Gasteiger partial charge >= 0.3 is 6.18 Å². The van der Waals surface area contributed by atoms with Crippen LogP contribution in [0.2, 0.25) is 5.15 Å². The van der Waals surface area contributed by atoms with Gasteiger partial charge in [-0.1, -0.05) is 17.7 Å². The number of carbonyl (C=O) groups excluding carboxylic acids is 2. The maximum absolute atomic E-state index is 12.6. The normalized spacial score (nSPS) is 11.0. The molecular formula is C14H9ClF3N3O2. The van der Waals surface area contributed by atoms with E-state index in [-0.39, 0.29) is 16.3 Å². The fourth-order valence-electron chi connectivity index (χ4n) is 1.65. The predicted octanol–water partition coefficient (Wildman–Crippen LogP) is 2.83. The Morgan fingerprint density at radius 3 is 2.39 bits per heavy atom. The van der Waals surface area contributed by atoms with Gasteiger partial charge in [0, 0.05) is 11.8 Å². The third kappa shape index (κ3) is 4.19. The molecule has 0 fully saturated rings. The van der Waals surface area contributed by atoms with Crippen LogP contribution < -0.4 is 10.9 Å². The Kier molecular flexibility index (Phi) is 4.85. The second kappa shape index (κ2) is 6.66. The lowest BCUT2D eigenvalue weighted by molar-refractivity contribution is -0.137. The van der Waals surface area contributed by atoms with Crippen molar-refractivity contribution in [1.29, 1.82) is 0 Å². The van der Waals surface area contributed by atoms with Crippen LogP contribution in [0.1, 0.15) is 26.3 Å². The first-order chi connectivity index (χ1) is 10.8. The van der Waals surface area contributed by atoms with Crippen LogP contribution in [0.5, 0.6) is 0 Å². The Balaban J connectivity index is 2.06. The molecule has 0 spiro atoms. The highest BCUT2D eigenvalue weighted by atomic mass is 35.5. The molecule has 0 atom stereocenters. The summed E-state index contributed by atoms with van der Waals surface area (Å²) in [4.78, 5) is 27.3. The van der Waals surface area contributed by atoms with E-state index in [4.69, 9.17) is 11.6 Å². The van der Waals surface area contributed by atoms with Crippen LogP contribution in [0.3, 0.4) is 0 Å². The summed E-state index contributed by atoms with van der Waals surface area (Å²) in [6.07, 6.45) is -3.19. The van der Waals surface area contributed by atoms with E-state index in [0.717, 1.165) is 12.1 Å². The molecule has 0 aliphatic carbocycles. The third-order valence-corrected chi connectivity index (χ3v) is 3.05. The van der Waals surface area contributed by atoms with Crippen LogP contribution in [-0.4, -0.2) is 16.8 Å². The maximum atomic E-state index is 12.6. The third-order valence-electron chi connectivity index (χ3n) is 2.75. The van der Waals surface area contributed by atoms with Gasteiger partial charge in [0.2, 0.25) is 0 Å². The number of nitrogens with one attached hydrogen (secondary N) is 2. The number of amides is 2. The highest BCUT2D eigenvalue weighted by molar-refractivity contribution is 6.32. The predicted molar refractivity (Wildman–Crippen MR) is 75.6 cm³/mol. The molecule has 120 valence electrons. The van der Waals surface area contributed by atoms with Gasteiger partial charge in [-0.15, -0.1) is 0 Å². The van der Waals surface area contributed by atoms with Gasteiger partial charge in [0.15, 0.2) is 0 Å². The molecule has 1 aromatic heterocycles. The molecule has 2 rings (SSSR count). The van der Waals surface area contributed by atoms with Crippen LogP contribution in [0, 0.1) is 0 Å². The van der Waals surface area contributed by atoms with E-state index in [0.29, 0.717) is 6.07 Å². The van der Waals surface area contributed by atoms with E-state index in [1.807, 2.05) is 5.43 Å². The van der Waals surface area contributed by atoms with Crippen molar-refractivity contribution < 1.29 is 22.8 Å². The standard InChI is InChI=1S/C14H9ClF3N3O2/c15-11-10(5-2-6-19-11)13(23)21-20-12(22)8-3-1-4-9(7-8)14(16,17)18/h1-7H,(H,20,22)(H,21,23).